The number of anilines is 1. The minimum atomic E-state index is -0.386. The van der Waals surface area contributed by atoms with E-state index in [1.165, 1.54) is 16.7 Å². The predicted molar refractivity (Wildman–Crippen MR) is 137 cm³/mol. The number of halogens is 1. The van der Waals surface area contributed by atoms with Gasteiger partial charge in [0, 0.05) is 42.0 Å². The first-order chi connectivity index (χ1) is 17.6. The Bertz CT molecular complexity index is 1530. The van der Waals surface area contributed by atoms with Crippen molar-refractivity contribution in [1.29, 1.82) is 0 Å². The van der Waals surface area contributed by atoms with Crippen molar-refractivity contribution in [1.82, 2.24) is 19.5 Å². The lowest BCUT2D eigenvalue weighted by atomic mass is 10.1. The van der Waals surface area contributed by atoms with Gasteiger partial charge in [-0.1, -0.05) is 42.5 Å². The van der Waals surface area contributed by atoms with Gasteiger partial charge in [-0.3, -0.25) is 19.1 Å². The van der Waals surface area contributed by atoms with Gasteiger partial charge in [0.15, 0.2) is 11.6 Å². The zero-order chi connectivity index (χ0) is 24.9. The highest BCUT2D eigenvalue weighted by molar-refractivity contribution is 5.81. The van der Waals surface area contributed by atoms with E-state index >= 15 is 0 Å². The molecule has 36 heavy (non-hydrogen) atoms. The van der Waals surface area contributed by atoms with Crippen LogP contribution in [0.1, 0.15) is 17.7 Å². The summed E-state index contributed by atoms with van der Waals surface area (Å²) >= 11 is 0. The van der Waals surface area contributed by atoms with E-state index < -0.39 is 0 Å². The van der Waals surface area contributed by atoms with Crippen molar-refractivity contribution in [3.05, 3.63) is 113 Å². The molecular formula is C28H24FN5O2. The van der Waals surface area contributed by atoms with E-state index in [4.69, 9.17) is 0 Å². The molecule has 0 radical (unpaired) electrons. The Morgan fingerprint density at radius 2 is 1.83 bits per heavy atom. The maximum absolute atomic E-state index is 13.4. The molecular weight excluding hydrogens is 457 g/mol. The minimum absolute atomic E-state index is 0.0678. The Balaban J connectivity index is 1.36. The van der Waals surface area contributed by atoms with E-state index in [0.29, 0.717) is 18.7 Å². The molecule has 180 valence electrons. The third-order valence-electron chi connectivity index (χ3n) is 5.98. The Hall–Kier alpha value is -4.59. The maximum atomic E-state index is 13.4. The molecule has 0 bridgehead atoms. The second-order valence-electron chi connectivity index (χ2n) is 8.53. The van der Waals surface area contributed by atoms with Gasteiger partial charge in [-0.2, -0.15) is 0 Å². The zero-order valence-corrected chi connectivity index (χ0v) is 19.4. The Morgan fingerprint density at radius 1 is 1.03 bits per heavy atom. The summed E-state index contributed by atoms with van der Waals surface area (Å²) < 4.78 is 14.7. The van der Waals surface area contributed by atoms with Gasteiger partial charge < -0.3 is 10.3 Å². The lowest BCUT2D eigenvalue weighted by molar-refractivity contribution is -0.119. The first kappa shape index (κ1) is 23.2. The molecule has 7 nitrogen and oxygen atoms in total. The number of pyridine rings is 1. The molecule has 0 amide bonds. The van der Waals surface area contributed by atoms with Gasteiger partial charge in [-0.05, 0) is 41.8 Å². The standard InChI is InChI=1S/C28H24FN5O2/c29-22-8-6-19(7-9-22)15-31-27-28(36)34(26(17-32-27)20-4-2-1-3-5-20)18-24(35)11-10-23-14-21-16-30-13-12-25(21)33-23/h1-9,12-14,16-17,33H,10-11,15,18H2,(H,31,32). The summed E-state index contributed by atoms with van der Waals surface area (Å²) in [5.41, 5.74) is 3.70. The molecule has 2 aromatic carbocycles. The Labute approximate surface area is 206 Å². The van der Waals surface area contributed by atoms with Crippen LogP contribution in [0.3, 0.4) is 0 Å². The Kier molecular flexibility index (Phi) is 6.66. The van der Waals surface area contributed by atoms with Crippen molar-refractivity contribution < 1.29 is 9.18 Å². The van der Waals surface area contributed by atoms with Gasteiger partial charge in [-0.25, -0.2) is 9.37 Å². The molecule has 0 aliphatic carbocycles. The van der Waals surface area contributed by atoms with Gasteiger partial charge >= 0.3 is 0 Å². The first-order valence-electron chi connectivity index (χ1n) is 11.6. The number of aryl methyl sites for hydroxylation is 1. The lowest BCUT2D eigenvalue weighted by Gasteiger charge is -2.14. The second kappa shape index (κ2) is 10.4. The Morgan fingerprint density at radius 3 is 2.61 bits per heavy atom. The van der Waals surface area contributed by atoms with Gasteiger partial charge in [0.25, 0.3) is 5.56 Å². The first-order valence-corrected chi connectivity index (χ1v) is 11.6. The number of hydrogen-bond acceptors (Lipinski definition) is 5. The van der Waals surface area contributed by atoms with Crippen LogP contribution in [0.25, 0.3) is 22.2 Å². The zero-order valence-electron chi connectivity index (χ0n) is 19.4. The largest absolute Gasteiger partial charge is 0.361 e. The average Bonchev–Trinajstić information content (AvgIpc) is 3.32. The molecule has 8 heteroatoms. The highest BCUT2D eigenvalue weighted by atomic mass is 19.1. The molecule has 0 unspecified atom stereocenters. The van der Waals surface area contributed by atoms with Crippen molar-refractivity contribution >= 4 is 22.5 Å². The number of nitrogens with zero attached hydrogens (tertiary/aromatic N) is 3. The third kappa shape index (κ3) is 5.22. The summed E-state index contributed by atoms with van der Waals surface area (Å²) in [4.78, 5) is 38.1. The monoisotopic (exact) mass is 481 g/mol. The molecule has 0 fully saturated rings. The van der Waals surface area contributed by atoms with E-state index in [0.717, 1.165) is 27.7 Å². The van der Waals surface area contributed by atoms with Crippen LogP contribution in [-0.2, 0) is 24.3 Å². The van der Waals surface area contributed by atoms with Crippen LogP contribution >= 0.6 is 0 Å². The lowest BCUT2D eigenvalue weighted by Crippen LogP contribution is -2.29. The van der Waals surface area contributed by atoms with Crippen LogP contribution in [0.5, 0.6) is 0 Å². The fraction of sp³-hybridized carbons (Fsp3) is 0.143. The van der Waals surface area contributed by atoms with Gasteiger partial charge in [0.05, 0.1) is 18.4 Å². The summed E-state index contributed by atoms with van der Waals surface area (Å²) in [5.74, 6) is -0.259. The number of ketones is 1. The fourth-order valence-corrected chi connectivity index (χ4v) is 4.09. The van der Waals surface area contributed by atoms with Gasteiger partial charge in [-0.15, -0.1) is 0 Å². The van der Waals surface area contributed by atoms with Crippen molar-refractivity contribution in [3.63, 3.8) is 0 Å². The number of nitrogens with one attached hydrogen (secondary N) is 2. The molecule has 3 aromatic heterocycles. The smallest absolute Gasteiger partial charge is 0.294 e. The molecule has 0 atom stereocenters. The van der Waals surface area contributed by atoms with E-state index in [1.807, 2.05) is 42.5 Å². The summed E-state index contributed by atoms with van der Waals surface area (Å²) in [5, 5.41) is 4.02. The van der Waals surface area contributed by atoms with Crippen molar-refractivity contribution in [3.8, 4) is 11.3 Å². The number of Topliss-reactive ketones (excluding diaryl/α,β-unsaturated/α-hetero) is 1. The highest BCUT2D eigenvalue weighted by Gasteiger charge is 2.15. The molecule has 0 saturated heterocycles. The van der Waals surface area contributed by atoms with Crippen LogP contribution in [0.2, 0.25) is 0 Å². The van der Waals surface area contributed by atoms with Crippen LogP contribution in [0, 0.1) is 5.82 Å². The van der Waals surface area contributed by atoms with Crippen molar-refractivity contribution in [2.75, 3.05) is 5.32 Å². The third-order valence-corrected chi connectivity index (χ3v) is 5.98. The topological polar surface area (TPSA) is 92.7 Å². The average molecular weight is 482 g/mol. The molecule has 0 spiro atoms. The molecule has 5 aromatic rings. The predicted octanol–water partition coefficient (Wildman–Crippen LogP) is 4.74. The number of carbonyl (C=O) groups excluding carboxylic acids is 1. The number of H-pyrrole nitrogens is 1. The van der Waals surface area contributed by atoms with E-state index in [2.05, 4.69) is 20.3 Å². The highest BCUT2D eigenvalue weighted by Crippen LogP contribution is 2.19. The van der Waals surface area contributed by atoms with Crippen LogP contribution in [-0.4, -0.2) is 25.3 Å². The van der Waals surface area contributed by atoms with E-state index in [1.54, 1.807) is 30.7 Å². The molecule has 5 rings (SSSR count). The summed E-state index contributed by atoms with van der Waals surface area (Å²) in [7, 11) is 0. The molecule has 0 saturated carbocycles. The molecule has 0 aliphatic rings. The SMILES string of the molecule is O=C(CCc1cc2cnccc2[nH]1)Cn1c(-c2ccccc2)cnc(NCc2ccc(F)cc2)c1=O. The summed E-state index contributed by atoms with van der Waals surface area (Å²) in [6, 6.07) is 19.3. The quantitative estimate of drug-likeness (QED) is 0.317. The fourth-order valence-electron chi connectivity index (χ4n) is 4.09. The van der Waals surface area contributed by atoms with Crippen molar-refractivity contribution in [2.24, 2.45) is 0 Å². The maximum Gasteiger partial charge on any atom is 0.294 e. The summed E-state index contributed by atoms with van der Waals surface area (Å²) in [6.45, 7) is 0.231. The summed E-state index contributed by atoms with van der Waals surface area (Å²) in [6.07, 6.45) is 5.91. The van der Waals surface area contributed by atoms with Crippen LogP contribution in [0.4, 0.5) is 10.2 Å². The van der Waals surface area contributed by atoms with E-state index in [9.17, 15) is 14.0 Å². The van der Waals surface area contributed by atoms with Crippen LogP contribution in [0.15, 0.2) is 90.1 Å². The molecule has 2 N–H and O–H groups in total. The van der Waals surface area contributed by atoms with E-state index in [-0.39, 0.29) is 35.9 Å². The minimum Gasteiger partial charge on any atom is -0.361 e. The molecule has 3 heterocycles. The number of aromatic nitrogens is 4. The number of aromatic amines is 1. The number of carbonyl (C=O) groups is 1. The van der Waals surface area contributed by atoms with Gasteiger partial charge in [0.2, 0.25) is 0 Å². The number of benzene rings is 2. The number of rotatable bonds is 9. The molecule has 0 aliphatic heterocycles. The number of hydrogen-bond donors (Lipinski definition) is 2. The van der Waals surface area contributed by atoms with Gasteiger partial charge in [0.1, 0.15) is 5.82 Å². The second-order valence-corrected chi connectivity index (χ2v) is 8.53. The number of fused-ring (bicyclic) bond motifs is 1. The van der Waals surface area contributed by atoms with Crippen molar-refractivity contribution in [2.45, 2.75) is 25.9 Å². The normalized spacial score (nSPS) is 11.0. The van der Waals surface area contributed by atoms with Crippen LogP contribution < -0.4 is 10.9 Å².